The number of aryl methyl sites for hydroxylation is 6. The average molecular weight is 782 g/mol. The number of benzene rings is 8. The maximum absolute atomic E-state index is 5.43. The monoisotopic (exact) mass is 781 g/mol. The first-order chi connectivity index (χ1) is 29.1. The highest BCUT2D eigenvalue weighted by Crippen LogP contribution is 2.37. The normalized spacial score (nSPS) is 11.0. The molecule has 0 aliphatic rings. The minimum atomic E-state index is 0.164. The van der Waals surface area contributed by atoms with Crippen LogP contribution >= 0.6 is 0 Å². The van der Waals surface area contributed by atoms with E-state index < -0.39 is 0 Å². The molecule has 0 spiro atoms. The standard InChI is InChI=1S/C56H52BNO2/c1-37-33-39(3)55(40(4)34-37)57(56-41(5)35-38(2)36-42(56)6)49-21-17-47(18-22-49)45-13-9-43(10-14-45)44-11-15-46(16-12-44)48-19-23-50(24-20-48)58(51-25-29-53(59-7)30-26-51)52-27-31-54(60-8)32-28-52/h9-36H,1-8H3. The third-order valence-corrected chi connectivity index (χ3v) is 11.9. The van der Waals surface area contributed by atoms with Crippen molar-refractivity contribution in [3.63, 3.8) is 0 Å². The molecule has 0 aliphatic carbocycles. The van der Waals surface area contributed by atoms with Crippen LogP contribution in [0.5, 0.6) is 11.5 Å². The lowest BCUT2D eigenvalue weighted by molar-refractivity contribution is 0.415. The Balaban J connectivity index is 1.01. The maximum Gasteiger partial charge on any atom is 0.242 e. The van der Waals surface area contributed by atoms with E-state index in [4.69, 9.17) is 9.47 Å². The molecule has 0 aromatic heterocycles. The molecule has 0 atom stereocenters. The second-order valence-electron chi connectivity index (χ2n) is 16.1. The predicted molar refractivity (Wildman–Crippen MR) is 256 cm³/mol. The molecule has 0 N–H and O–H groups in total. The van der Waals surface area contributed by atoms with Crippen molar-refractivity contribution in [1.29, 1.82) is 0 Å². The zero-order valence-electron chi connectivity index (χ0n) is 36.0. The number of rotatable bonds is 11. The molecule has 296 valence electrons. The van der Waals surface area contributed by atoms with Crippen LogP contribution < -0.4 is 30.8 Å². The topological polar surface area (TPSA) is 21.7 Å². The minimum Gasteiger partial charge on any atom is -0.497 e. The molecular formula is C56H52BNO2. The molecule has 0 aliphatic heterocycles. The molecule has 0 amide bonds. The van der Waals surface area contributed by atoms with Gasteiger partial charge in [-0.25, -0.2) is 0 Å². The number of ether oxygens (including phenoxy) is 2. The summed E-state index contributed by atoms with van der Waals surface area (Å²) in [5.41, 5.74) is 22.5. The summed E-state index contributed by atoms with van der Waals surface area (Å²) in [5, 5.41) is 0. The van der Waals surface area contributed by atoms with Gasteiger partial charge in [0.15, 0.2) is 0 Å². The quantitative estimate of drug-likeness (QED) is 0.122. The zero-order chi connectivity index (χ0) is 41.9. The fourth-order valence-corrected chi connectivity index (χ4v) is 9.06. The number of anilines is 3. The SMILES string of the molecule is COc1ccc(N(c2ccc(OC)cc2)c2ccc(-c3ccc(-c4ccc(-c5ccc(B(c6c(C)cc(C)cc6C)c6c(C)cc(C)cc6C)cc5)cc4)cc3)cc2)cc1. The van der Waals surface area contributed by atoms with Gasteiger partial charge in [-0.2, -0.15) is 0 Å². The molecule has 0 saturated heterocycles. The first-order valence-corrected chi connectivity index (χ1v) is 20.7. The molecule has 8 aromatic rings. The van der Waals surface area contributed by atoms with Crippen molar-refractivity contribution >= 4 is 40.2 Å². The van der Waals surface area contributed by atoms with Crippen molar-refractivity contribution in [2.45, 2.75) is 41.5 Å². The van der Waals surface area contributed by atoms with E-state index in [2.05, 4.69) is 192 Å². The molecule has 8 aromatic carbocycles. The van der Waals surface area contributed by atoms with Crippen LogP contribution in [0.3, 0.4) is 0 Å². The first-order valence-electron chi connectivity index (χ1n) is 20.7. The number of hydrogen-bond acceptors (Lipinski definition) is 3. The number of hydrogen-bond donors (Lipinski definition) is 0. The van der Waals surface area contributed by atoms with Gasteiger partial charge in [0.25, 0.3) is 0 Å². The van der Waals surface area contributed by atoms with Gasteiger partial charge in [-0.05, 0) is 136 Å². The van der Waals surface area contributed by atoms with E-state index in [9.17, 15) is 0 Å². The smallest absolute Gasteiger partial charge is 0.242 e. The Morgan fingerprint density at radius 2 is 0.583 bits per heavy atom. The van der Waals surface area contributed by atoms with E-state index in [1.54, 1.807) is 14.2 Å². The molecule has 0 bridgehead atoms. The van der Waals surface area contributed by atoms with Crippen molar-refractivity contribution in [2.24, 2.45) is 0 Å². The van der Waals surface area contributed by atoms with Crippen molar-refractivity contribution < 1.29 is 9.47 Å². The van der Waals surface area contributed by atoms with Crippen LogP contribution in [0.2, 0.25) is 0 Å². The lowest BCUT2D eigenvalue weighted by Gasteiger charge is -2.26. The second-order valence-corrected chi connectivity index (χ2v) is 16.1. The van der Waals surface area contributed by atoms with E-state index >= 15 is 0 Å². The summed E-state index contributed by atoms with van der Waals surface area (Å²) in [6.45, 7) is 13.6. The highest BCUT2D eigenvalue weighted by molar-refractivity contribution is 6.96. The first kappa shape index (κ1) is 40.0. The highest BCUT2D eigenvalue weighted by Gasteiger charge is 2.28. The van der Waals surface area contributed by atoms with Crippen molar-refractivity contribution in [3.8, 4) is 44.9 Å². The van der Waals surface area contributed by atoms with Gasteiger partial charge in [-0.15, -0.1) is 0 Å². The van der Waals surface area contributed by atoms with Crippen molar-refractivity contribution in [3.05, 3.63) is 203 Å². The summed E-state index contributed by atoms with van der Waals surface area (Å²) in [7, 11) is 3.38. The summed E-state index contributed by atoms with van der Waals surface area (Å²) in [5.74, 6) is 1.65. The molecule has 4 heteroatoms. The van der Waals surface area contributed by atoms with Gasteiger partial charge in [0.05, 0.1) is 14.2 Å². The van der Waals surface area contributed by atoms with E-state index in [-0.39, 0.29) is 6.71 Å². The Morgan fingerprint density at radius 3 is 0.867 bits per heavy atom. The van der Waals surface area contributed by atoms with Gasteiger partial charge in [0.1, 0.15) is 11.5 Å². The molecule has 0 unspecified atom stereocenters. The molecule has 8 rings (SSSR count). The molecule has 0 saturated carbocycles. The van der Waals surface area contributed by atoms with Gasteiger partial charge in [-0.1, -0.05) is 159 Å². The van der Waals surface area contributed by atoms with Gasteiger partial charge in [-0.3, -0.25) is 0 Å². The summed E-state index contributed by atoms with van der Waals surface area (Å²) in [6.07, 6.45) is 0. The molecular weight excluding hydrogens is 729 g/mol. The summed E-state index contributed by atoms with van der Waals surface area (Å²) in [4.78, 5) is 2.24. The number of nitrogens with zero attached hydrogens (tertiary/aromatic N) is 1. The Labute approximate surface area is 357 Å². The Bertz CT molecular complexity index is 2580. The van der Waals surface area contributed by atoms with E-state index in [0.717, 1.165) is 34.1 Å². The second kappa shape index (κ2) is 17.2. The Morgan fingerprint density at radius 1 is 0.333 bits per heavy atom. The van der Waals surface area contributed by atoms with E-state index in [1.165, 1.54) is 77.6 Å². The van der Waals surface area contributed by atoms with Gasteiger partial charge >= 0.3 is 0 Å². The summed E-state index contributed by atoms with van der Waals surface area (Å²) < 4.78 is 10.9. The lowest BCUT2D eigenvalue weighted by Crippen LogP contribution is -2.55. The van der Waals surface area contributed by atoms with Crippen LogP contribution in [0.4, 0.5) is 17.1 Å². The summed E-state index contributed by atoms with van der Waals surface area (Å²) >= 11 is 0. The molecule has 60 heavy (non-hydrogen) atoms. The van der Waals surface area contributed by atoms with Crippen LogP contribution in [0.1, 0.15) is 33.4 Å². The fraction of sp³-hybridized carbons (Fsp3) is 0.143. The van der Waals surface area contributed by atoms with Gasteiger partial charge in [0.2, 0.25) is 6.71 Å². The lowest BCUT2D eigenvalue weighted by atomic mass is 9.34. The average Bonchev–Trinajstić information content (AvgIpc) is 3.26. The highest BCUT2D eigenvalue weighted by atomic mass is 16.5. The summed E-state index contributed by atoms with van der Waals surface area (Å²) in [6, 6.07) is 61.5. The third kappa shape index (κ3) is 8.24. The van der Waals surface area contributed by atoms with Gasteiger partial charge in [0, 0.05) is 17.1 Å². The van der Waals surface area contributed by atoms with Crippen LogP contribution in [0.15, 0.2) is 170 Å². The third-order valence-electron chi connectivity index (χ3n) is 11.9. The zero-order valence-corrected chi connectivity index (χ0v) is 36.0. The van der Waals surface area contributed by atoms with Gasteiger partial charge < -0.3 is 14.4 Å². The van der Waals surface area contributed by atoms with Crippen molar-refractivity contribution in [2.75, 3.05) is 19.1 Å². The Hall–Kier alpha value is -6.78. The number of methoxy groups -OCH3 is 2. The van der Waals surface area contributed by atoms with Crippen LogP contribution in [0, 0.1) is 41.5 Å². The predicted octanol–water partition coefficient (Wildman–Crippen LogP) is 12.5. The van der Waals surface area contributed by atoms with Crippen LogP contribution in [-0.4, -0.2) is 20.9 Å². The molecule has 0 heterocycles. The Kier molecular flexibility index (Phi) is 11.5. The van der Waals surface area contributed by atoms with Crippen molar-refractivity contribution in [1.82, 2.24) is 0 Å². The largest absolute Gasteiger partial charge is 0.497 e. The molecule has 3 nitrogen and oxygen atoms in total. The molecule has 0 radical (unpaired) electrons. The van der Waals surface area contributed by atoms with Crippen LogP contribution in [0.25, 0.3) is 33.4 Å². The minimum absolute atomic E-state index is 0.164. The maximum atomic E-state index is 5.43. The van der Waals surface area contributed by atoms with E-state index in [1.807, 2.05) is 24.3 Å². The fourth-order valence-electron chi connectivity index (χ4n) is 9.06. The van der Waals surface area contributed by atoms with Crippen LogP contribution in [-0.2, 0) is 0 Å². The molecule has 0 fully saturated rings. The van der Waals surface area contributed by atoms with E-state index in [0.29, 0.717) is 0 Å².